The normalized spacial score (nSPS) is 11.8. The van der Waals surface area contributed by atoms with Gasteiger partial charge in [0.2, 0.25) is 5.91 Å². The van der Waals surface area contributed by atoms with Crippen molar-refractivity contribution in [1.29, 1.82) is 0 Å². The molecule has 1 aromatic carbocycles. The van der Waals surface area contributed by atoms with Crippen LogP contribution in [0, 0.1) is 5.92 Å². The molecular formula is C12H15NO2. The van der Waals surface area contributed by atoms with E-state index in [0.29, 0.717) is 6.42 Å². The molecule has 1 aromatic rings. The van der Waals surface area contributed by atoms with Crippen LogP contribution in [0.1, 0.15) is 12.0 Å². The SMILES string of the molecule is CNC(=O)C(CC=O)Cc1ccccc1. The summed E-state index contributed by atoms with van der Waals surface area (Å²) in [5.41, 5.74) is 1.08. The summed E-state index contributed by atoms with van der Waals surface area (Å²) in [5.74, 6) is -0.333. The van der Waals surface area contributed by atoms with Crippen molar-refractivity contribution >= 4 is 12.2 Å². The molecule has 1 atom stereocenters. The number of nitrogens with one attached hydrogen (secondary N) is 1. The maximum atomic E-state index is 11.4. The Kier molecular flexibility index (Phi) is 4.54. The van der Waals surface area contributed by atoms with Gasteiger partial charge in [-0.3, -0.25) is 4.79 Å². The van der Waals surface area contributed by atoms with Gasteiger partial charge in [-0.1, -0.05) is 30.3 Å². The van der Waals surface area contributed by atoms with E-state index in [1.165, 1.54) is 0 Å². The number of rotatable bonds is 5. The smallest absolute Gasteiger partial charge is 0.223 e. The van der Waals surface area contributed by atoms with E-state index in [4.69, 9.17) is 0 Å². The summed E-state index contributed by atoms with van der Waals surface area (Å²) in [6.45, 7) is 0. The molecule has 1 amide bonds. The third-order valence-electron chi connectivity index (χ3n) is 2.32. The zero-order chi connectivity index (χ0) is 11.1. The minimum atomic E-state index is -0.255. The van der Waals surface area contributed by atoms with Crippen LogP contribution in [-0.4, -0.2) is 19.2 Å². The van der Waals surface area contributed by atoms with Gasteiger partial charge in [-0.2, -0.15) is 0 Å². The molecule has 1 unspecified atom stereocenters. The second-order valence-electron chi connectivity index (χ2n) is 3.40. The molecule has 15 heavy (non-hydrogen) atoms. The standard InChI is InChI=1S/C12H15NO2/c1-13-12(15)11(7-8-14)9-10-5-3-2-4-6-10/h2-6,8,11H,7,9H2,1H3,(H,13,15). The van der Waals surface area contributed by atoms with Gasteiger partial charge in [0.1, 0.15) is 6.29 Å². The summed E-state index contributed by atoms with van der Waals surface area (Å²) in [6, 6.07) is 9.70. The highest BCUT2D eigenvalue weighted by Gasteiger charge is 2.16. The van der Waals surface area contributed by atoms with E-state index >= 15 is 0 Å². The van der Waals surface area contributed by atoms with Gasteiger partial charge in [0, 0.05) is 19.4 Å². The maximum Gasteiger partial charge on any atom is 0.223 e. The fraction of sp³-hybridized carbons (Fsp3) is 0.333. The minimum absolute atomic E-state index is 0.0778. The number of hydrogen-bond donors (Lipinski definition) is 1. The molecule has 0 aliphatic rings. The number of benzene rings is 1. The first-order valence-electron chi connectivity index (χ1n) is 4.97. The summed E-state index contributed by atoms with van der Waals surface area (Å²) in [4.78, 5) is 21.9. The van der Waals surface area contributed by atoms with Gasteiger partial charge in [0.05, 0.1) is 0 Å². The van der Waals surface area contributed by atoms with Crippen LogP contribution in [0.15, 0.2) is 30.3 Å². The van der Waals surface area contributed by atoms with E-state index < -0.39 is 0 Å². The van der Waals surface area contributed by atoms with Crippen molar-refractivity contribution in [3.05, 3.63) is 35.9 Å². The molecule has 0 spiro atoms. The maximum absolute atomic E-state index is 11.4. The number of amides is 1. The van der Waals surface area contributed by atoms with Gasteiger partial charge in [-0.15, -0.1) is 0 Å². The van der Waals surface area contributed by atoms with Crippen LogP contribution in [0.4, 0.5) is 0 Å². The Labute approximate surface area is 89.5 Å². The van der Waals surface area contributed by atoms with E-state index in [0.717, 1.165) is 11.8 Å². The first kappa shape index (κ1) is 11.4. The van der Waals surface area contributed by atoms with Crippen LogP contribution in [0.25, 0.3) is 0 Å². The van der Waals surface area contributed by atoms with Gasteiger partial charge < -0.3 is 10.1 Å². The molecule has 80 valence electrons. The van der Waals surface area contributed by atoms with E-state index in [1.54, 1.807) is 7.05 Å². The summed E-state index contributed by atoms with van der Waals surface area (Å²) in [5, 5.41) is 2.57. The van der Waals surface area contributed by atoms with Crippen molar-refractivity contribution in [2.75, 3.05) is 7.05 Å². The molecule has 0 radical (unpaired) electrons. The minimum Gasteiger partial charge on any atom is -0.359 e. The first-order valence-corrected chi connectivity index (χ1v) is 4.97. The predicted octanol–water partition coefficient (Wildman–Crippen LogP) is 1.18. The predicted molar refractivity (Wildman–Crippen MR) is 58.4 cm³/mol. The van der Waals surface area contributed by atoms with Crippen molar-refractivity contribution in [2.24, 2.45) is 5.92 Å². The second kappa shape index (κ2) is 5.96. The zero-order valence-electron chi connectivity index (χ0n) is 8.77. The summed E-state index contributed by atoms with van der Waals surface area (Å²) in [6.07, 6.45) is 1.68. The fourth-order valence-corrected chi connectivity index (χ4v) is 1.50. The summed E-state index contributed by atoms with van der Waals surface area (Å²) in [7, 11) is 1.59. The molecule has 3 heteroatoms. The van der Waals surface area contributed by atoms with Gasteiger partial charge >= 0.3 is 0 Å². The lowest BCUT2D eigenvalue weighted by molar-refractivity contribution is -0.126. The molecule has 0 saturated carbocycles. The Bertz CT molecular complexity index is 322. The average Bonchev–Trinajstić information content (AvgIpc) is 2.29. The lowest BCUT2D eigenvalue weighted by Crippen LogP contribution is -2.29. The van der Waals surface area contributed by atoms with Crippen LogP contribution >= 0.6 is 0 Å². The number of carbonyl (C=O) groups excluding carboxylic acids is 2. The Balaban J connectivity index is 2.66. The second-order valence-corrected chi connectivity index (χ2v) is 3.40. The van der Waals surface area contributed by atoms with Crippen LogP contribution < -0.4 is 5.32 Å². The van der Waals surface area contributed by atoms with Crippen molar-refractivity contribution in [1.82, 2.24) is 5.32 Å². The van der Waals surface area contributed by atoms with Gasteiger partial charge in [-0.25, -0.2) is 0 Å². The zero-order valence-corrected chi connectivity index (χ0v) is 8.77. The molecule has 0 aliphatic heterocycles. The van der Waals surface area contributed by atoms with Gasteiger partial charge in [-0.05, 0) is 12.0 Å². The van der Waals surface area contributed by atoms with Gasteiger partial charge in [0.25, 0.3) is 0 Å². The Morgan fingerprint density at radius 2 is 2.07 bits per heavy atom. The third kappa shape index (κ3) is 3.54. The Morgan fingerprint density at radius 1 is 1.40 bits per heavy atom. The molecule has 0 bridgehead atoms. The van der Waals surface area contributed by atoms with Crippen LogP contribution in [0.5, 0.6) is 0 Å². The average molecular weight is 205 g/mol. The molecule has 0 heterocycles. The summed E-state index contributed by atoms with van der Waals surface area (Å²) >= 11 is 0. The molecular weight excluding hydrogens is 190 g/mol. The third-order valence-corrected chi connectivity index (χ3v) is 2.32. The van der Waals surface area contributed by atoms with Crippen LogP contribution in [0.3, 0.4) is 0 Å². The molecule has 0 fully saturated rings. The molecule has 1 N–H and O–H groups in total. The monoisotopic (exact) mass is 205 g/mol. The molecule has 0 saturated heterocycles. The first-order chi connectivity index (χ1) is 7.27. The van der Waals surface area contributed by atoms with Crippen molar-refractivity contribution in [2.45, 2.75) is 12.8 Å². The van der Waals surface area contributed by atoms with E-state index in [9.17, 15) is 9.59 Å². The summed E-state index contributed by atoms with van der Waals surface area (Å²) < 4.78 is 0. The lowest BCUT2D eigenvalue weighted by Gasteiger charge is -2.12. The number of hydrogen-bond acceptors (Lipinski definition) is 2. The molecule has 0 aliphatic carbocycles. The van der Waals surface area contributed by atoms with Gasteiger partial charge in [0.15, 0.2) is 0 Å². The van der Waals surface area contributed by atoms with E-state index in [2.05, 4.69) is 5.32 Å². The van der Waals surface area contributed by atoms with Crippen molar-refractivity contribution in [3.63, 3.8) is 0 Å². The lowest BCUT2D eigenvalue weighted by atomic mass is 9.96. The quantitative estimate of drug-likeness (QED) is 0.734. The van der Waals surface area contributed by atoms with E-state index in [-0.39, 0.29) is 18.2 Å². The topological polar surface area (TPSA) is 46.2 Å². The van der Waals surface area contributed by atoms with Crippen molar-refractivity contribution in [3.8, 4) is 0 Å². The van der Waals surface area contributed by atoms with Crippen LogP contribution in [0.2, 0.25) is 0 Å². The van der Waals surface area contributed by atoms with Crippen LogP contribution in [-0.2, 0) is 16.0 Å². The highest BCUT2D eigenvalue weighted by atomic mass is 16.2. The number of carbonyl (C=O) groups is 2. The highest BCUT2D eigenvalue weighted by Crippen LogP contribution is 2.11. The highest BCUT2D eigenvalue weighted by molar-refractivity contribution is 5.80. The largest absolute Gasteiger partial charge is 0.359 e. The van der Waals surface area contributed by atoms with Crippen molar-refractivity contribution < 1.29 is 9.59 Å². The molecule has 0 aromatic heterocycles. The Hall–Kier alpha value is -1.64. The molecule has 3 nitrogen and oxygen atoms in total. The Morgan fingerprint density at radius 3 is 2.60 bits per heavy atom. The molecule has 1 rings (SSSR count). The van der Waals surface area contributed by atoms with E-state index in [1.807, 2.05) is 30.3 Å². The number of aldehydes is 1. The fourth-order valence-electron chi connectivity index (χ4n) is 1.50.